The number of amides is 1. The molecule has 1 aromatic carbocycles. The van der Waals surface area contributed by atoms with Crippen molar-refractivity contribution in [1.82, 2.24) is 9.80 Å². The van der Waals surface area contributed by atoms with Gasteiger partial charge in [-0.3, -0.25) is 4.79 Å². The van der Waals surface area contributed by atoms with Crippen LogP contribution >= 0.6 is 0 Å². The monoisotopic (exact) mass is 416 g/mol. The number of hydrogen-bond acceptors (Lipinski definition) is 4. The van der Waals surface area contributed by atoms with Crippen LogP contribution in [0.1, 0.15) is 31.2 Å². The first kappa shape index (κ1) is 23.0. The summed E-state index contributed by atoms with van der Waals surface area (Å²) in [7, 11) is 3.89. The highest BCUT2D eigenvalue weighted by Gasteiger charge is 2.41. The maximum atomic E-state index is 12.5. The molecule has 0 bridgehead atoms. The molecule has 0 unspecified atom stereocenters. The third-order valence-electron chi connectivity index (χ3n) is 5.75. The molecule has 0 aliphatic carbocycles. The fourth-order valence-corrected chi connectivity index (χ4v) is 3.91. The van der Waals surface area contributed by atoms with Crippen LogP contribution in [0.3, 0.4) is 0 Å². The molecule has 1 N–H and O–H groups in total. The van der Waals surface area contributed by atoms with E-state index in [-0.39, 0.29) is 5.91 Å². The predicted octanol–water partition coefficient (Wildman–Crippen LogP) is 2.96. The molecule has 0 saturated carbocycles. The standard InChI is InChI=1S/C18H26N2O2.C2HF3O2/c1-19-11-3-8-18(19)9-12-20(13-10-18)17(21)14-15-4-6-16(22-2)7-5-15;3-2(4,5)1(6)7/h4-7H,3,8-14H2,1-2H3;(H,6,7). The van der Waals surface area contributed by atoms with E-state index in [1.54, 1.807) is 7.11 Å². The Balaban J connectivity index is 0.000000370. The van der Waals surface area contributed by atoms with Crippen LogP contribution in [0.4, 0.5) is 13.2 Å². The number of methoxy groups -OCH3 is 1. The Labute approximate surface area is 168 Å². The average Bonchev–Trinajstić information content (AvgIpc) is 3.02. The highest BCUT2D eigenvalue weighted by molar-refractivity contribution is 5.79. The predicted molar refractivity (Wildman–Crippen MR) is 101 cm³/mol. The minimum atomic E-state index is -5.08. The van der Waals surface area contributed by atoms with E-state index >= 15 is 0 Å². The van der Waals surface area contributed by atoms with Gasteiger partial charge in [-0.15, -0.1) is 0 Å². The Bertz CT molecular complexity index is 699. The van der Waals surface area contributed by atoms with Crippen molar-refractivity contribution >= 4 is 11.9 Å². The zero-order valence-electron chi connectivity index (χ0n) is 16.7. The number of piperidine rings is 1. The van der Waals surface area contributed by atoms with Gasteiger partial charge in [0.25, 0.3) is 0 Å². The maximum Gasteiger partial charge on any atom is 0.490 e. The van der Waals surface area contributed by atoms with Crippen LogP contribution in [0.5, 0.6) is 5.75 Å². The molecule has 0 atom stereocenters. The van der Waals surface area contributed by atoms with Crippen molar-refractivity contribution in [3.8, 4) is 5.75 Å². The summed E-state index contributed by atoms with van der Waals surface area (Å²) in [4.78, 5) is 25.9. The summed E-state index contributed by atoms with van der Waals surface area (Å²) >= 11 is 0. The van der Waals surface area contributed by atoms with Gasteiger partial charge in [-0.05, 0) is 57.0 Å². The molecule has 2 fully saturated rings. The minimum Gasteiger partial charge on any atom is -0.497 e. The summed E-state index contributed by atoms with van der Waals surface area (Å²) in [6, 6.07) is 7.79. The zero-order valence-corrected chi connectivity index (χ0v) is 16.7. The molecule has 1 aromatic rings. The topological polar surface area (TPSA) is 70.1 Å². The second kappa shape index (κ2) is 9.47. The second-order valence-corrected chi connectivity index (χ2v) is 7.46. The van der Waals surface area contributed by atoms with Gasteiger partial charge in [0.05, 0.1) is 13.5 Å². The number of ether oxygens (including phenoxy) is 1. The third kappa shape index (κ3) is 6.09. The molecular weight excluding hydrogens is 389 g/mol. The number of benzene rings is 1. The Kier molecular flexibility index (Phi) is 7.51. The summed E-state index contributed by atoms with van der Waals surface area (Å²) in [6.07, 6.45) is 0.253. The van der Waals surface area contributed by atoms with Crippen molar-refractivity contribution in [3.63, 3.8) is 0 Å². The van der Waals surface area contributed by atoms with Gasteiger partial charge in [-0.25, -0.2) is 4.79 Å². The number of likely N-dealkylation sites (tertiary alicyclic amines) is 2. The van der Waals surface area contributed by atoms with Gasteiger partial charge in [0.2, 0.25) is 5.91 Å². The molecule has 2 aliphatic rings. The Morgan fingerprint density at radius 1 is 1.10 bits per heavy atom. The van der Waals surface area contributed by atoms with Crippen LogP contribution in [0.25, 0.3) is 0 Å². The van der Waals surface area contributed by atoms with Crippen LogP contribution in [0, 0.1) is 0 Å². The van der Waals surface area contributed by atoms with E-state index in [1.165, 1.54) is 19.4 Å². The Morgan fingerprint density at radius 3 is 2.07 bits per heavy atom. The maximum absolute atomic E-state index is 12.5. The summed E-state index contributed by atoms with van der Waals surface area (Å²) < 4.78 is 36.9. The molecule has 162 valence electrons. The number of carbonyl (C=O) groups is 2. The number of aliphatic carboxylic acids is 1. The van der Waals surface area contributed by atoms with Crippen LogP contribution in [0.2, 0.25) is 0 Å². The van der Waals surface area contributed by atoms with E-state index < -0.39 is 12.1 Å². The van der Waals surface area contributed by atoms with Crippen LogP contribution in [-0.4, -0.2) is 72.3 Å². The largest absolute Gasteiger partial charge is 0.497 e. The SMILES string of the molecule is COc1ccc(CC(=O)N2CCC3(CCCN3C)CC2)cc1.O=C(O)C(F)(F)F. The van der Waals surface area contributed by atoms with Gasteiger partial charge < -0.3 is 19.6 Å². The molecule has 6 nitrogen and oxygen atoms in total. The van der Waals surface area contributed by atoms with E-state index in [0.717, 1.165) is 37.2 Å². The number of carbonyl (C=O) groups excluding carboxylic acids is 1. The quantitative estimate of drug-likeness (QED) is 0.821. The lowest BCUT2D eigenvalue weighted by Gasteiger charge is -2.43. The molecule has 2 aliphatic heterocycles. The van der Waals surface area contributed by atoms with Crippen LogP contribution in [-0.2, 0) is 16.0 Å². The lowest BCUT2D eigenvalue weighted by Crippen LogP contribution is -2.52. The molecule has 29 heavy (non-hydrogen) atoms. The van der Waals surface area contributed by atoms with Crippen molar-refractivity contribution in [1.29, 1.82) is 0 Å². The van der Waals surface area contributed by atoms with E-state index in [9.17, 15) is 18.0 Å². The number of hydrogen-bond donors (Lipinski definition) is 1. The Morgan fingerprint density at radius 2 is 1.66 bits per heavy atom. The van der Waals surface area contributed by atoms with E-state index in [4.69, 9.17) is 14.6 Å². The average molecular weight is 416 g/mol. The summed E-state index contributed by atoms with van der Waals surface area (Å²) in [5.74, 6) is -1.67. The van der Waals surface area contributed by atoms with Gasteiger partial charge in [0.1, 0.15) is 5.75 Å². The number of rotatable bonds is 3. The molecule has 1 amide bonds. The molecule has 9 heteroatoms. The van der Waals surface area contributed by atoms with Gasteiger partial charge >= 0.3 is 12.1 Å². The van der Waals surface area contributed by atoms with Crippen LogP contribution in [0.15, 0.2) is 24.3 Å². The number of carboxylic acid groups (broad SMARTS) is 1. The summed E-state index contributed by atoms with van der Waals surface area (Å²) in [6.45, 7) is 3.01. The fourth-order valence-electron chi connectivity index (χ4n) is 3.91. The first-order chi connectivity index (χ1) is 13.6. The number of alkyl halides is 3. The minimum absolute atomic E-state index is 0.251. The smallest absolute Gasteiger partial charge is 0.490 e. The normalized spacial score (nSPS) is 18.9. The lowest BCUT2D eigenvalue weighted by atomic mass is 9.85. The second-order valence-electron chi connectivity index (χ2n) is 7.46. The fraction of sp³-hybridized carbons (Fsp3) is 0.600. The zero-order chi connectivity index (χ0) is 21.7. The number of halogens is 3. The number of nitrogens with zero attached hydrogens (tertiary/aromatic N) is 2. The van der Waals surface area contributed by atoms with Crippen molar-refractivity contribution in [2.45, 2.75) is 43.8 Å². The van der Waals surface area contributed by atoms with Crippen molar-refractivity contribution in [3.05, 3.63) is 29.8 Å². The van der Waals surface area contributed by atoms with Crippen LogP contribution < -0.4 is 4.74 Å². The summed E-state index contributed by atoms with van der Waals surface area (Å²) in [5, 5.41) is 7.12. The lowest BCUT2D eigenvalue weighted by molar-refractivity contribution is -0.192. The highest BCUT2D eigenvalue weighted by Crippen LogP contribution is 2.37. The molecule has 0 radical (unpaired) electrons. The van der Waals surface area contributed by atoms with Crippen molar-refractivity contribution < 1.29 is 32.6 Å². The van der Waals surface area contributed by atoms with Gasteiger partial charge in [-0.2, -0.15) is 13.2 Å². The summed E-state index contributed by atoms with van der Waals surface area (Å²) in [5.41, 5.74) is 1.43. The third-order valence-corrected chi connectivity index (χ3v) is 5.75. The van der Waals surface area contributed by atoms with Crippen molar-refractivity contribution in [2.75, 3.05) is 33.8 Å². The first-order valence-electron chi connectivity index (χ1n) is 9.49. The van der Waals surface area contributed by atoms with Gasteiger partial charge in [0, 0.05) is 18.6 Å². The van der Waals surface area contributed by atoms with E-state index in [2.05, 4.69) is 11.9 Å². The molecule has 2 saturated heterocycles. The molecule has 0 aromatic heterocycles. The molecule has 1 spiro atoms. The number of carboxylic acids is 1. The molecule has 2 heterocycles. The Hall–Kier alpha value is -2.29. The molecular formula is C20H27F3N2O4. The van der Waals surface area contributed by atoms with Gasteiger partial charge in [-0.1, -0.05) is 12.1 Å². The highest BCUT2D eigenvalue weighted by atomic mass is 19.4. The first-order valence-corrected chi connectivity index (χ1v) is 9.49. The van der Waals surface area contributed by atoms with E-state index in [0.29, 0.717) is 12.0 Å². The van der Waals surface area contributed by atoms with Crippen molar-refractivity contribution in [2.24, 2.45) is 0 Å². The van der Waals surface area contributed by atoms with Gasteiger partial charge in [0.15, 0.2) is 0 Å². The molecule has 3 rings (SSSR count). The van der Waals surface area contributed by atoms with E-state index in [1.807, 2.05) is 29.2 Å².